The Labute approximate surface area is 173 Å². The van der Waals surface area contributed by atoms with Gasteiger partial charge in [-0.3, -0.25) is 19.4 Å². The van der Waals surface area contributed by atoms with E-state index in [4.69, 9.17) is 4.74 Å². The van der Waals surface area contributed by atoms with E-state index in [-0.39, 0.29) is 25.1 Å². The maximum atomic E-state index is 12.5. The van der Waals surface area contributed by atoms with Gasteiger partial charge in [0.05, 0.1) is 17.7 Å². The van der Waals surface area contributed by atoms with Crippen molar-refractivity contribution in [3.05, 3.63) is 75.3 Å². The fourth-order valence-electron chi connectivity index (χ4n) is 3.22. The quantitative estimate of drug-likeness (QED) is 0.241. The van der Waals surface area contributed by atoms with Gasteiger partial charge in [-0.05, 0) is 37.2 Å². The van der Waals surface area contributed by atoms with E-state index < -0.39 is 16.9 Å². The molecule has 0 atom stereocenters. The number of hydrogen-bond acceptors (Lipinski definition) is 7. The van der Waals surface area contributed by atoms with E-state index in [1.54, 1.807) is 18.2 Å². The molecule has 0 aromatic heterocycles. The normalized spacial score (nSPS) is 12.9. The van der Waals surface area contributed by atoms with Crippen LogP contribution in [0.4, 0.5) is 0 Å². The molecule has 0 unspecified atom stereocenters. The van der Waals surface area contributed by atoms with Crippen molar-refractivity contribution >= 4 is 11.8 Å². The van der Waals surface area contributed by atoms with Crippen LogP contribution in [-0.2, 0) is 11.4 Å². The van der Waals surface area contributed by atoms with Crippen molar-refractivity contribution in [2.45, 2.75) is 13.0 Å². The summed E-state index contributed by atoms with van der Waals surface area (Å²) >= 11 is 0. The summed E-state index contributed by atoms with van der Waals surface area (Å²) in [6.45, 7) is 1.82. The summed E-state index contributed by atoms with van der Waals surface area (Å²) in [7, 11) is 2.00. The van der Waals surface area contributed by atoms with Crippen LogP contribution in [0.3, 0.4) is 0 Å². The summed E-state index contributed by atoms with van der Waals surface area (Å²) in [6, 6.07) is 14.9. The average Bonchev–Trinajstić information content (AvgIpc) is 2.96. The Morgan fingerprint density at radius 2 is 1.77 bits per heavy atom. The van der Waals surface area contributed by atoms with Crippen LogP contribution in [-0.4, -0.2) is 60.1 Å². The Morgan fingerprint density at radius 3 is 2.50 bits per heavy atom. The second kappa shape index (κ2) is 9.84. The van der Waals surface area contributed by atoms with Crippen LogP contribution in [0.2, 0.25) is 0 Å². The second-order valence-electron chi connectivity index (χ2n) is 6.95. The van der Waals surface area contributed by atoms with Gasteiger partial charge in [0.1, 0.15) is 12.4 Å². The van der Waals surface area contributed by atoms with Crippen LogP contribution < -0.4 is 4.74 Å². The van der Waals surface area contributed by atoms with Gasteiger partial charge in [0.15, 0.2) is 0 Å². The number of carbonyl (C=O) groups is 2. The lowest BCUT2D eigenvalue weighted by atomic mass is 10.1. The van der Waals surface area contributed by atoms with Crippen LogP contribution in [0, 0.1) is 10.1 Å². The van der Waals surface area contributed by atoms with Gasteiger partial charge < -0.3 is 9.57 Å². The highest BCUT2D eigenvalue weighted by Crippen LogP contribution is 2.27. The van der Waals surface area contributed by atoms with Gasteiger partial charge in [-0.1, -0.05) is 30.3 Å². The Morgan fingerprint density at radius 1 is 1.03 bits per heavy atom. The fourth-order valence-corrected chi connectivity index (χ4v) is 3.22. The number of imide groups is 1. The first kappa shape index (κ1) is 21.3. The molecule has 0 radical (unpaired) electrons. The molecule has 0 N–H and O–H groups in total. The third-order valence-electron chi connectivity index (χ3n) is 4.70. The Hall–Kier alpha value is -3.46. The number of benzene rings is 2. The largest absolute Gasteiger partial charge is 0.492 e. The predicted octanol–water partition coefficient (Wildman–Crippen LogP) is 2.39. The highest BCUT2D eigenvalue weighted by Gasteiger charge is 2.35. The summed E-state index contributed by atoms with van der Waals surface area (Å²) in [5.74, 6) is -0.324. The molecule has 158 valence electrons. The molecule has 2 aromatic rings. The zero-order chi connectivity index (χ0) is 21.5. The van der Waals surface area contributed by atoms with Crippen molar-refractivity contribution in [3.8, 4) is 5.75 Å². The molecule has 0 spiro atoms. The second-order valence-corrected chi connectivity index (χ2v) is 6.95. The molecule has 0 aliphatic carbocycles. The van der Waals surface area contributed by atoms with Gasteiger partial charge in [-0.2, -0.15) is 0 Å². The number of ether oxygens (including phenoxy) is 1. The molecule has 9 nitrogen and oxygen atoms in total. The highest BCUT2D eigenvalue weighted by molar-refractivity contribution is 6.21. The number of carbonyl (C=O) groups excluding carboxylic acids is 2. The Kier molecular flexibility index (Phi) is 6.97. The van der Waals surface area contributed by atoms with Crippen LogP contribution in [0.1, 0.15) is 32.7 Å². The third-order valence-corrected chi connectivity index (χ3v) is 4.70. The molecule has 2 aromatic carbocycles. The van der Waals surface area contributed by atoms with E-state index in [9.17, 15) is 19.7 Å². The lowest BCUT2D eigenvalue weighted by Crippen LogP contribution is -2.31. The molecule has 0 saturated heterocycles. The molecule has 30 heavy (non-hydrogen) atoms. The van der Waals surface area contributed by atoms with Gasteiger partial charge in [0.25, 0.3) is 16.9 Å². The number of likely N-dealkylation sites (N-methyl/N-ethyl adjacent to an activating group) is 1. The lowest BCUT2D eigenvalue weighted by molar-refractivity contribution is -0.757. The summed E-state index contributed by atoms with van der Waals surface area (Å²) in [6.07, 6.45) is 0.184. The standard InChI is InChI=1S/C21H23N3O6/c1-22(15-16-6-3-2-4-7-16)11-13-29-17-8-9-18-19(14-17)21(26)23(20(18)25)10-5-12-30-24(27)28/h2-4,6-9,14H,5,10-13,15H2,1H3. The number of rotatable bonds is 11. The molecule has 0 fully saturated rings. The molecule has 1 heterocycles. The maximum absolute atomic E-state index is 12.5. The molecular formula is C21H23N3O6. The van der Waals surface area contributed by atoms with Crippen molar-refractivity contribution in [1.29, 1.82) is 0 Å². The van der Waals surface area contributed by atoms with Crippen molar-refractivity contribution < 1.29 is 24.3 Å². The average molecular weight is 413 g/mol. The Balaban J connectivity index is 1.51. The van der Waals surface area contributed by atoms with Crippen LogP contribution >= 0.6 is 0 Å². The van der Waals surface area contributed by atoms with Crippen molar-refractivity contribution in [3.63, 3.8) is 0 Å². The molecular weight excluding hydrogens is 390 g/mol. The van der Waals surface area contributed by atoms with E-state index in [2.05, 4.69) is 21.9 Å². The molecule has 2 amide bonds. The van der Waals surface area contributed by atoms with E-state index in [0.29, 0.717) is 24.5 Å². The van der Waals surface area contributed by atoms with Crippen molar-refractivity contribution in [2.75, 3.05) is 33.4 Å². The third kappa shape index (κ3) is 5.32. The maximum Gasteiger partial charge on any atom is 0.294 e. The summed E-state index contributed by atoms with van der Waals surface area (Å²) in [4.78, 5) is 42.5. The summed E-state index contributed by atoms with van der Waals surface area (Å²) in [5.41, 5.74) is 1.81. The first-order valence-electron chi connectivity index (χ1n) is 9.58. The van der Waals surface area contributed by atoms with Crippen LogP contribution in [0.5, 0.6) is 5.75 Å². The molecule has 1 aliphatic rings. The number of nitrogens with zero attached hydrogens (tertiary/aromatic N) is 3. The fraction of sp³-hybridized carbons (Fsp3) is 0.333. The van der Waals surface area contributed by atoms with Crippen LogP contribution in [0.15, 0.2) is 48.5 Å². The molecule has 3 rings (SSSR count). The zero-order valence-corrected chi connectivity index (χ0v) is 16.7. The minimum Gasteiger partial charge on any atom is -0.492 e. The highest BCUT2D eigenvalue weighted by atomic mass is 16.9. The minimum absolute atomic E-state index is 0.0562. The molecule has 9 heteroatoms. The van der Waals surface area contributed by atoms with Crippen molar-refractivity contribution in [1.82, 2.24) is 9.80 Å². The summed E-state index contributed by atoms with van der Waals surface area (Å²) < 4.78 is 5.76. The van der Waals surface area contributed by atoms with E-state index in [0.717, 1.165) is 11.4 Å². The van der Waals surface area contributed by atoms with Gasteiger partial charge in [-0.25, -0.2) is 0 Å². The van der Waals surface area contributed by atoms with E-state index in [1.807, 2.05) is 25.2 Å². The Bertz CT molecular complexity index is 918. The van der Waals surface area contributed by atoms with Gasteiger partial charge >= 0.3 is 0 Å². The lowest BCUT2D eigenvalue weighted by Gasteiger charge is -2.17. The number of hydrogen-bond donors (Lipinski definition) is 0. The SMILES string of the molecule is CN(CCOc1ccc2c(c1)C(=O)N(CCCO[N+](=O)[O-])C2=O)Cc1ccccc1. The van der Waals surface area contributed by atoms with Gasteiger partial charge in [-0.15, -0.1) is 10.1 Å². The van der Waals surface area contributed by atoms with Crippen molar-refractivity contribution in [2.24, 2.45) is 0 Å². The molecule has 0 bridgehead atoms. The first-order valence-corrected chi connectivity index (χ1v) is 9.58. The number of amides is 2. The topological polar surface area (TPSA) is 102 Å². The first-order chi connectivity index (χ1) is 14.5. The molecule has 0 saturated carbocycles. The molecule has 1 aliphatic heterocycles. The van der Waals surface area contributed by atoms with Gasteiger partial charge in [0.2, 0.25) is 0 Å². The van der Waals surface area contributed by atoms with E-state index >= 15 is 0 Å². The van der Waals surface area contributed by atoms with Crippen LogP contribution in [0.25, 0.3) is 0 Å². The predicted molar refractivity (Wildman–Crippen MR) is 108 cm³/mol. The monoisotopic (exact) mass is 413 g/mol. The summed E-state index contributed by atoms with van der Waals surface area (Å²) in [5, 5.41) is 9.28. The smallest absolute Gasteiger partial charge is 0.294 e. The van der Waals surface area contributed by atoms with Gasteiger partial charge in [0, 0.05) is 19.6 Å². The van der Waals surface area contributed by atoms with E-state index in [1.165, 1.54) is 5.56 Å². The minimum atomic E-state index is -0.900. The number of fused-ring (bicyclic) bond motifs is 1. The zero-order valence-electron chi connectivity index (χ0n) is 16.7.